The molecule has 0 atom stereocenters. The number of rotatable bonds is 1. The fourth-order valence-electron chi connectivity index (χ4n) is 0.532. The Morgan fingerprint density at radius 1 is 1.00 bits per heavy atom. The summed E-state index contributed by atoms with van der Waals surface area (Å²) in [6.07, 6.45) is 0.833. The van der Waals surface area contributed by atoms with E-state index in [4.69, 9.17) is 40.0 Å². The first-order chi connectivity index (χ1) is 5.93. The molecule has 1 aromatic rings. The van der Waals surface area contributed by atoms with Crippen LogP contribution in [0, 0.1) is 0 Å². The van der Waals surface area contributed by atoms with Gasteiger partial charge in [-0.05, 0) is 0 Å². The third-order valence-corrected chi connectivity index (χ3v) is 0.936. The summed E-state index contributed by atoms with van der Waals surface area (Å²) in [4.78, 5) is 10.0. The van der Waals surface area contributed by atoms with E-state index < -0.39 is 9.55 Å². The Labute approximate surface area is 96.0 Å². The topological polar surface area (TPSA) is 17.1 Å². The third kappa shape index (κ3) is 12.6. The second kappa shape index (κ2) is 6.96. The molecule has 0 saturated heterocycles. The van der Waals surface area contributed by atoms with Gasteiger partial charge >= 0.3 is 49.6 Å². The molecule has 0 N–H and O–H groups in total. The van der Waals surface area contributed by atoms with Crippen LogP contribution in [-0.2, 0) is 0 Å². The number of aldehydes is 1. The van der Waals surface area contributed by atoms with Crippen molar-refractivity contribution in [2.45, 2.75) is 0 Å². The van der Waals surface area contributed by atoms with E-state index >= 15 is 0 Å². The maximum absolute atomic E-state index is 10.0. The van der Waals surface area contributed by atoms with Crippen LogP contribution >= 0.6 is 40.0 Å². The molecular weight excluding hydrogens is 314 g/mol. The zero-order valence-electron chi connectivity index (χ0n) is 6.38. The Balaban J connectivity index is 0.000000252. The van der Waals surface area contributed by atoms with Gasteiger partial charge < -0.3 is 0 Å². The van der Waals surface area contributed by atoms with Crippen molar-refractivity contribution in [3.05, 3.63) is 35.9 Å². The van der Waals surface area contributed by atoms with Crippen molar-refractivity contribution in [2.75, 3.05) is 0 Å². The van der Waals surface area contributed by atoms with E-state index in [0.29, 0.717) is 0 Å². The molecule has 0 spiro atoms. The van der Waals surface area contributed by atoms with E-state index in [1.807, 2.05) is 18.2 Å². The van der Waals surface area contributed by atoms with Crippen molar-refractivity contribution in [3.8, 4) is 0 Å². The zero-order valence-corrected chi connectivity index (χ0v) is 11.5. The predicted molar refractivity (Wildman–Crippen MR) is 61.0 cm³/mol. The predicted octanol–water partition coefficient (Wildman–Crippen LogP) is 3.88. The van der Waals surface area contributed by atoms with E-state index in [0.717, 1.165) is 11.8 Å². The molecule has 0 heterocycles. The minimum atomic E-state index is -3.11. The average Bonchev–Trinajstić information content (AvgIpc) is 2.03. The van der Waals surface area contributed by atoms with Crippen molar-refractivity contribution in [1.29, 1.82) is 0 Å². The number of carbonyl (C=O) groups excluding carboxylic acids is 1. The normalized spacial score (nSPS) is 9.85. The van der Waals surface area contributed by atoms with Crippen LogP contribution in [0.3, 0.4) is 0 Å². The van der Waals surface area contributed by atoms with Crippen molar-refractivity contribution in [2.24, 2.45) is 0 Å². The number of halogens is 4. The second-order valence-electron chi connectivity index (χ2n) is 1.96. The van der Waals surface area contributed by atoms with Gasteiger partial charge in [0, 0.05) is 5.56 Å². The Hall–Kier alpha value is 0.593. The summed E-state index contributed by atoms with van der Waals surface area (Å²) in [5.41, 5.74) is 0.729. The quantitative estimate of drug-likeness (QED) is 0.567. The molecule has 0 amide bonds. The van der Waals surface area contributed by atoms with E-state index in [2.05, 4.69) is 0 Å². The van der Waals surface area contributed by atoms with Crippen molar-refractivity contribution >= 4 is 55.9 Å². The number of benzene rings is 1. The third-order valence-electron chi connectivity index (χ3n) is 0.936. The Morgan fingerprint density at radius 3 is 1.62 bits per heavy atom. The summed E-state index contributed by atoms with van der Waals surface area (Å²) in [6.45, 7) is 0. The Bertz CT molecular complexity index is 240. The molecule has 0 radical (unpaired) electrons. The number of hydrogen-bond acceptors (Lipinski definition) is 1. The Morgan fingerprint density at radius 2 is 1.38 bits per heavy atom. The van der Waals surface area contributed by atoms with Crippen molar-refractivity contribution < 1.29 is 4.79 Å². The molecule has 1 aromatic carbocycles. The summed E-state index contributed by atoms with van der Waals surface area (Å²) < 4.78 is 0. The van der Waals surface area contributed by atoms with Crippen molar-refractivity contribution in [1.82, 2.24) is 0 Å². The van der Waals surface area contributed by atoms with Crippen LogP contribution in [-0.4, -0.2) is 15.8 Å². The molecule has 0 aliphatic heterocycles. The van der Waals surface area contributed by atoms with E-state index in [1.54, 1.807) is 12.1 Å². The van der Waals surface area contributed by atoms with Crippen LogP contribution < -0.4 is 0 Å². The molecule has 1 nitrogen and oxygen atoms in total. The molecule has 0 aliphatic rings. The summed E-state index contributed by atoms with van der Waals surface area (Å²) in [5, 5.41) is 0. The molecular formula is C7H6Cl4GeO. The van der Waals surface area contributed by atoms with Crippen LogP contribution in [0.2, 0.25) is 0 Å². The average molecular weight is 321 g/mol. The Kier molecular flexibility index (Phi) is 7.28. The molecule has 1 rings (SSSR count). The van der Waals surface area contributed by atoms with Crippen LogP contribution in [0.15, 0.2) is 30.3 Å². The van der Waals surface area contributed by atoms with E-state index in [1.165, 1.54) is 0 Å². The SMILES string of the molecule is O=Cc1ccccc1.[Cl][Ge]([Cl])([Cl])[Cl]. The van der Waals surface area contributed by atoms with Gasteiger partial charge in [-0.15, -0.1) is 0 Å². The van der Waals surface area contributed by atoms with Crippen LogP contribution in [0.4, 0.5) is 0 Å². The van der Waals surface area contributed by atoms with Gasteiger partial charge in [0.25, 0.3) is 0 Å². The fraction of sp³-hybridized carbons (Fsp3) is 0. The molecule has 0 fully saturated rings. The molecule has 6 heteroatoms. The molecule has 0 saturated carbocycles. The van der Waals surface area contributed by atoms with E-state index in [-0.39, 0.29) is 0 Å². The van der Waals surface area contributed by atoms with Gasteiger partial charge in [0.1, 0.15) is 6.29 Å². The van der Waals surface area contributed by atoms with Crippen LogP contribution in [0.25, 0.3) is 0 Å². The van der Waals surface area contributed by atoms with Crippen LogP contribution in [0.5, 0.6) is 0 Å². The standard InChI is InChI=1S/C7H6O.Cl4Ge/c8-6-7-4-2-1-3-5-7;1-5(2,3)4/h1-6H;. The van der Waals surface area contributed by atoms with Gasteiger partial charge in [-0.2, -0.15) is 0 Å². The van der Waals surface area contributed by atoms with Crippen molar-refractivity contribution in [3.63, 3.8) is 0 Å². The first-order valence-electron chi connectivity index (χ1n) is 3.19. The number of hydrogen-bond donors (Lipinski definition) is 0. The van der Waals surface area contributed by atoms with E-state index in [9.17, 15) is 4.79 Å². The first-order valence-corrected chi connectivity index (χ1v) is 14.2. The molecule has 72 valence electrons. The molecule has 0 unspecified atom stereocenters. The summed E-state index contributed by atoms with van der Waals surface area (Å²) in [7, 11) is 16.9. The van der Waals surface area contributed by atoms with Gasteiger partial charge in [0.05, 0.1) is 0 Å². The second-order valence-corrected chi connectivity index (χ2v) is 21.6. The monoisotopic (exact) mass is 320 g/mol. The number of carbonyl (C=O) groups is 1. The van der Waals surface area contributed by atoms with Gasteiger partial charge in [-0.1, -0.05) is 30.3 Å². The zero-order chi connectivity index (χ0) is 10.3. The van der Waals surface area contributed by atoms with Gasteiger partial charge in [0.15, 0.2) is 0 Å². The maximum atomic E-state index is 10.0. The van der Waals surface area contributed by atoms with Gasteiger partial charge in [0.2, 0.25) is 0 Å². The summed E-state index contributed by atoms with van der Waals surface area (Å²) >= 11 is 0. The van der Waals surface area contributed by atoms with Gasteiger partial charge in [-0.25, -0.2) is 0 Å². The van der Waals surface area contributed by atoms with Crippen LogP contribution in [0.1, 0.15) is 10.4 Å². The summed E-state index contributed by atoms with van der Waals surface area (Å²) in [6, 6.07) is 9.10. The fourth-order valence-corrected chi connectivity index (χ4v) is 0.532. The van der Waals surface area contributed by atoms with Gasteiger partial charge in [-0.3, -0.25) is 4.79 Å². The molecule has 0 aliphatic carbocycles. The molecule has 13 heavy (non-hydrogen) atoms. The first kappa shape index (κ1) is 13.6. The molecule has 0 bridgehead atoms. The minimum absolute atomic E-state index is 0.729. The molecule has 0 aromatic heterocycles. The summed E-state index contributed by atoms with van der Waals surface area (Å²) in [5.74, 6) is 0.